The van der Waals surface area contributed by atoms with Gasteiger partial charge in [-0.05, 0) is 31.6 Å². The van der Waals surface area contributed by atoms with Crippen LogP contribution in [0.4, 0.5) is 4.79 Å². The Bertz CT molecular complexity index is 305. The van der Waals surface area contributed by atoms with Gasteiger partial charge >= 0.3 is 12.0 Å². The van der Waals surface area contributed by atoms with Crippen LogP contribution >= 0.6 is 0 Å². The monoisotopic (exact) mass is 254 g/mol. The molecule has 0 radical (unpaired) electrons. The van der Waals surface area contributed by atoms with Gasteiger partial charge < -0.3 is 15.3 Å². The highest BCUT2D eigenvalue weighted by molar-refractivity contribution is 5.74. The first-order valence-corrected chi connectivity index (χ1v) is 6.49. The summed E-state index contributed by atoms with van der Waals surface area (Å²) in [5, 5.41) is 11.5. The van der Waals surface area contributed by atoms with E-state index in [1.54, 1.807) is 11.0 Å². The van der Waals surface area contributed by atoms with Crippen molar-refractivity contribution in [3.63, 3.8) is 0 Å². The zero-order valence-corrected chi connectivity index (χ0v) is 10.7. The van der Waals surface area contributed by atoms with Crippen LogP contribution in [0.3, 0.4) is 0 Å². The number of carboxylic acids is 1. The van der Waals surface area contributed by atoms with E-state index in [0.717, 1.165) is 25.8 Å². The van der Waals surface area contributed by atoms with Gasteiger partial charge in [-0.25, -0.2) is 4.79 Å². The van der Waals surface area contributed by atoms with Crippen molar-refractivity contribution in [2.75, 3.05) is 19.6 Å². The van der Waals surface area contributed by atoms with Crippen LogP contribution in [-0.2, 0) is 4.79 Å². The minimum Gasteiger partial charge on any atom is -0.481 e. The van der Waals surface area contributed by atoms with Crippen LogP contribution in [0.5, 0.6) is 0 Å². The molecule has 1 fully saturated rings. The van der Waals surface area contributed by atoms with Crippen molar-refractivity contribution in [2.24, 2.45) is 5.92 Å². The lowest BCUT2D eigenvalue weighted by atomic mass is 9.93. The largest absolute Gasteiger partial charge is 0.481 e. The third-order valence-electron chi connectivity index (χ3n) is 3.20. The average Bonchev–Trinajstić information content (AvgIpc) is 2.37. The van der Waals surface area contributed by atoms with Gasteiger partial charge in [0.1, 0.15) is 0 Å². The van der Waals surface area contributed by atoms with Crippen molar-refractivity contribution in [1.29, 1.82) is 0 Å². The fraction of sp³-hybridized carbons (Fsp3) is 0.692. The third kappa shape index (κ3) is 5.21. The number of aliphatic carboxylic acids is 1. The molecule has 0 aromatic heterocycles. The van der Waals surface area contributed by atoms with Gasteiger partial charge in [-0.1, -0.05) is 6.08 Å². The highest BCUT2D eigenvalue weighted by atomic mass is 16.4. The molecular weight excluding hydrogens is 232 g/mol. The number of rotatable bonds is 6. The van der Waals surface area contributed by atoms with E-state index in [1.807, 2.05) is 0 Å². The Morgan fingerprint density at radius 2 is 2.28 bits per heavy atom. The van der Waals surface area contributed by atoms with Crippen molar-refractivity contribution in [3.8, 4) is 0 Å². The van der Waals surface area contributed by atoms with E-state index in [9.17, 15) is 9.59 Å². The average molecular weight is 254 g/mol. The molecule has 2 amide bonds. The summed E-state index contributed by atoms with van der Waals surface area (Å²) >= 11 is 0. The maximum absolute atomic E-state index is 11.8. The Hall–Kier alpha value is -1.52. The summed E-state index contributed by atoms with van der Waals surface area (Å²) in [6.45, 7) is 5.65. The number of carboxylic acid groups (broad SMARTS) is 1. The number of carbonyl (C=O) groups excluding carboxylic acids is 1. The molecule has 0 aliphatic carbocycles. The molecule has 1 atom stereocenters. The fourth-order valence-electron chi connectivity index (χ4n) is 2.21. The minimum absolute atomic E-state index is 0.0446. The molecule has 18 heavy (non-hydrogen) atoms. The molecule has 5 heteroatoms. The first kappa shape index (κ1) is 14.5. The summed E-state index contributed by atoms with van der Waals surface area (Å²) in [6.07, 6.45) is 5.36. The maximum atomic E-state index is 11.8. The summed E-state index contributed by atoms with van der Waals surface area (Å²) in [5.74, 6) is -0.442. The molecule has 0 bridgehead atoms. The van der Waals surface area contributed by atoms with E-state index in [1.165, 1.54) is 0 Å². The predicted octanol–water partition coefficient (Wildman–Crippen LogP) is 1.85. The Morgan fingerprint density at radius 1 is 1.50 bits per heavy atom. The molecule has 102 valence electrons. The summed E-state index contributed by atoms with van der Waals surface area (Å²) in [4.78, 5) is 24.1. The molecule has 1 rings (SSSR count). The van der Waals surface area contributed by atoms with Gasteiger partial charge in [-0.3, -0.25) is 4.79 Å². The van der Waals surface area contributed by atoms with E-state index in [0.29, 0.717) is 25.4 Å². The van der Waals surface area contributed by atoms with Crippen LogP contribution in [0.2, 0.25) is 0 Å². The normalized spacial score (nSPS) is 19.3. The highest BCUT2D eigenvalue weighted by Crippen LogP contribution is 2.20. The van der Waals surface area contributed by atoms with Crippen molar-refractivity contribution in [3.05, 3.63) is 12.7 Å². The SMILES string of the molecule is C=CCCNC(=O)N1CCCC(CCC(=O)O)C1. The van der Waals surface area contributed by atoms with Crippen LogP contribution in [-0.4, -0.2) is 41.6 Å². The molecule has 1 unspecified atom stereocenters. The summed E-state index contributed by atoms with van der Waals surface area (Å²) in [6, 6.07) is -0.0446. The Morgan fingerprint density at radius 3 is 2.94 bits per heavy atom. The van der Waals surface area contributed by atoms with E-state index < -0.39 is 5.97 Å². The van der Waals surface area contributed by atoms with Gasteiger partial charge in [-0.15, -0.1) is 6.58 Å². The van der Waals surface area contributed by atoms with Crippen molar-refractivity contribution >= 4 is 12.0 Å². The number of carbonyl (C=O) groups is 2. The van der Waals surface area contributed by atoms with Gasteiger partial charge in [0.15, 0.2) is 0 Å². The number of piperidine rings is 1. The molecule has 2 N–H and O–H groups in total. The second kappa shape index (κ2) is 7.74. The Balaban J connectivity index is 2.30. The standard InChI is InChI=1S/C13H22N2O3/c1-2-3-8-14-13(18)15-9-4-5-11(10-15)6-7-12(16)17/h2,11H,1,3-10H2,(H,14,18)(H,16,17). The molecule has 0 saturated carbocycles. The summed E-state index contributed by atoms with van der Waals surface area (Å²) in [5.41, 5.74) is 0. The van der Waals surface area contributed by atoms with E-state index >= 15 is 0 Å². The molecule has 5 nitrogen and oxygen atoms in total. The topological polar surface area (TPSA) is 69.6 Å². The summed E-state index contributed by atoms with van der Waals surface area (Å²) in [7, 11) is 0. The van der Waals surface area contributed by atoms with E-state index in [4.69, 9.17) is 5.11 Å². The molecule has 1 heterocycles. The smallest absolute Gasteiger partial charge is 0.317 e. The maximum Gasteiger partial charge on any atom is 0.317 e. The second-order valence-corrected chi connectivity index (χ2v) is 4.70. The lowest BCUT2D eigenvalue weighted by Crippen LogP contribution is -2.45. The third-order valence-corrected chi connectivity index (χ3v) is 3.20. The molecule has 1 saturated heterocycles. The number of likely N-dealkylation sites (tertiary alicyclic amines) is 1. The van der Waals surface area contributed by atoms with Crippen LogP contribution in [0.25, 0.3) is 0 Å². The predicted molar refractivity (Wildman–Crippen MR) is 69.4 cm³/mol. The Kier molecular flexibility index (Phi) is 6.25. The van der Waals surface area contributed by atoms with Crippen LogP contribution in [0.1, 0.15) is 32.1 Å². The highest BCUT2D eigenvalue weighted by Gasteiger charge is 2.23. The van der Waals surface area contributed by atoms with Gasteiger partial charge in [0.05, 0.1) is 0 Å². The van der Waals surface area contributed by atoms with Crippen LogP contribution < -0.4 is 5.32 Å². The van der Waals surface area contributed by atoms with Crippen molar-refractivity contribution in [1.82, 2.24) is 10.2 Å². The van der Waals surface area contributed by atoms with Crippen molar-refractivity contribution in [2.45, 2.75) is 32.1 Å². The number of hydrogen-bond acceptors (Lipinski definition) is 2. The van der Waals surface area contributed by atoms with Gasteiger partial charge in [-0.2, -0.15) is 0 Å². The van der Waals surface area contributed by atoms with E-state index in [2.05, 4.69) is 11.9 Å². The van der Waals surface area contributed by atoms with Gasteiger partial charge in [0.25, 0.3) is 0 Å². The lowest BCUT2D eigenvalue weighted by molar-refractivity contribution is -0.137. The molecule has 1 aliphatic heterocycles. The number of nitrogens with one attached hydrogen (secondary N) is 1. The van der Waals surface area contributed by atoms with Gasteiger partial charge in [0.2, 0.25) is 0 Å². The lowest BCUT2D eigenvalue weighted by Gasteiger charge is -2.32. The van der Waals surface area contributed by atoms with Crippen molar-refractivity contribution < 1.29 is 14.7 Å². The minimum atomic E-state index is -0.762. The molecular formula is C13H22N2O3. The van der Waals surface area contributed by atoms with Gasteiger partial charge in [0, 0.05) is 26.1 Å². The number of amides is 2. The molecule has 0 spiro atoms. The Labute approximate surface area is 108 Å². The zero-order chi connectivity index (χ0) is 13.4. The number of urea groups is 1. The van der Waals surface area contributed by atoms with Crippen LogP contribution in [0, 0.1) is 5.92 Å². The first-order chi connectivity index (χ1) is 8.63. The molecule has 0 aromatic rings. The summed E-state index contributed by atoms with van der Waals surface area (Å²) < 4.78 is 0. The van der Waals surface area contributed by atoms with E-state index in [-0.39, 0.29) is 12.5 Å². The first-order valence-electron chi connectivity index (χ1n) is 6.49. The fourth-order valence-corrected chi connectivity index (χ4v) is 2.21. The quantitative estimate of drug-likeness (QED) is 0.561. The molecule has 1 aliphatic rings. The second-order valence-electron chi connectivity index (χ2n) is 4.70. The number of hydrogen-bond donors (Lipinski definition) is 2. The molecule has 0 aromatic carbocycles. The number of nitrogens with zero attached hydrogens (tertiary/aromatic N) is 1. The zero-order valence-electron chi connectivity index (χ0n) is 10.7. The van der Waals surface area contributed by atoms with Crippen LogP contribution in [0.15, 0.2) is 12.7 Å².